The molecule has 1 N–H and O–H groups in total. The van der Waals surface area contributed by atoms with Crippen LogP contribution in [0.1, 0.15) is 36.2 Å². The Balaban J connectivity index is 1.76. The van der Waals surface area contributed by atoms with Gasteiger partial charge < -0.3 is 10.2 Å². The third-order valence-corrected chi connectivity index (χ3v) is 4.08. The fourth-order valence-electron chi connectivity index (χ4n) is 2.80. The van der Waals surface area contributed by atoms with Gasteiger partial charge in [-0.3, -0.25) is 4.79 Å². The topological polar surface area (TPSA) is 45.2 Å². The highest BCUT2D eigenvalue weighted by Crippen LogP contribution is 2.19. The summed E-state index contributed by atoms with van der Waals surface area (Å²) in [4.78, 5) is 18.9. The van der Waals surface area contributed by atoms with Crippen LogP contribution in [0.4, 0.5) is 20.3 Å². The highest BCUT2D eigenvalue weighted by atomic mass is 19.1. The molecule has 1 amide bonds. The first-order valence-corrected chi connectivity index (χ1v) is 8.12. The molecule has 0 unspecified atom stereocenters. The molecule has 24 heavy (non-hydrogen) atoms. The highest BCUT2D eigenvalue weighted by molar-refractivity contribution is 6.03. The number of benzene rings is 1. The molecule has 4 nitrogen and oxygen atoms in total. The molecule has 1 aliphatic heterocycles. The molecule has 3 rings (SSSR count). The Kier molecular flexibility index (Phi) is 5.03. The van der Waals surface area contributed by atoms with Crippen LogP contribution in [-0.4, -0.2) is 24.0 Å². The number of rotatable bonds is 3. The van der Waals surface area contributed by atoms with E-state index in [0.29, 0.717) is 0 Å². The van der Waals surface area contributed by atoms with Gasteiger partial charge in [0.25, 0.3) is 5.91 Å². The number of hydrogen-bond donors (Lipinski definition) is 1. The number of pyridine rings is 1. The molecule has 1 fully saturated rings. The van der Waals surface area contributed by atoms with E-state index in [1.54, 1.807) is 12.1 Å². The Morgan fingerprint density at radius 1 is 1.04 bits per heavy atom. The maximum atomic E-state index is 13.7. The molecule has 2 aromatic rings. The number of carbonyl (C=O) groups excluding carboxylic acids is 1. The third-order valence-electron chi connectivity index (χ3n) is 4.08. The van der Waals surface area contributed by atoms with E-state index in [4.69, 9.17) is 0 Å². The van der Waals surface area contributed by atoms with Gasteiger partial charge in [0, 0.05) is 19.2 Å². The van der Waals surface area contributed by atoms with Gasteiger partial charge in [0.15, 0.2) is 0 Å². The normalized spacial score (nSPS) is 15.0. The minimum Gasteiger partial charge on any atom is -0.357 e. The largest absolute Gasteiger partial charge is 0.357 e. The molecular weight excluding hydrogens is 312 g/mol. The molecular formula is C18H19F2N3O. The average molecular weight is 331 g/mol. The third kappa shape index (κ3) is 3.88. The van der Waals surface area contributed by atoms with Crippen molar-refractivity contribution >= 4 is 17.4 Å². The van der Waals surface area contributed by atoms with Crippen LogP contribution in [0.25, 0.3) is 0 Å². The van der Waals surface area contributed by atoms with Crippen molar-refractivity contribution in [1.82, 2.24) is 4.98 Å². The van der Waals surface area contributed by atoms with Crippen molar-refractivity contribution < 1.29 is 13.6 Å². The first-order chi connectivity index (χ1) is 11.6. The van der Waals surface area contributed by atoms with Crippen molar-refractivity contribution in [2.45, 2.75) is 25.7 Å². The SMILES string of the molecule is O=C(Nc1ccc(F)cc1F)c1cccc(N2CCCCCC2)n1. The van der Waals surface area contributed by atoms with Crippen LogP contribution in [-0.2, 0) is 0 Å². The fourth-order valence-corrected chi connectivity index (χ4v) is 2.80. The summed E-state index contributed by atoms with van der Waals surface area (Å²) < 4.78 is 26.6. The van der Waals surface area contributed by atoms with E-state index in [9.17, 15) is 13.6 Å². The first-order valence-electron chi connectivity index (χ1n) is 8.12. The van der Waals surface area contributed by atoms with E-state index in [-0.39, 0.29) is 11.4 Å². The lowest BCUT2D eigenvalue weighted by Gasteiger charge is -2.21. The Labute approximate surface area is 139 Å². The van der Waals surface area contributed by atoms with Crippen molar-refractivity contribution in [3.63, 3.8) is 0 Å². The van der Waals surface area contributed by atoms with E-state index in [1.807, 2.05) is 6.07 Å². The lowest BCUT2D eigenvalue weighted by Crippen LogP contribution is -2.26. The van der Waals surface area contributed by atoms with Crippen LogP contribution < -0.4 is 10.2 Å². The predicted molar refractivity (Wildman–Crippen MR) is 89.2 cm³/mol. The minimum absolute atomic E-state index is 0.0663. The second-order valence-corrected chi connectivity index (χ2v) is 5.86. The van der Waals surface area contributed by atoms with Gasteiger partial charge in [0.2, 0.25) is 0 Å². The van der Waals surface area contributed by atoms with E-state index < -0.39 is 17.5 Å². The zero-order chi connectivity index (χ0) is 16.9. The highest BCUT2D eigenvalue weighted by Gasteiger charge is 2.15. The summed E-state index contributed by atoms with van der Waals surface area (Å²) in [5.74, 6) is -1.26. The number of aromatic nitrogens is 1. The second kappa shape index (κ2) is 7.38. The Bertz CT molecular complexity index is 728. The van der Waals surface area contributed by atoms with E-state index >= 15 is 0 Å². The van der Waals surface area contributed by atoms with Gasteiger partial charge in [-0.2, -0.15) is 0 Å². The standard InChI is InChI=1S/C18H19F2N3O/c19-13-8-9-15(14(20)12-13)22-18(24)16-6-5-7-17(21-16)23-10-3-1-2-4-11-23/h5-9,12H,1-4,10-11H2,(H,22,24). The molecule has 2 heterocycles. The maximum absolute atomic E-state index is 13.7. The van der Waals surface area contributed by atoms with Crippen molar-refractivity contribution in [3.05, 3.63) is 53.7 Å². The molecule has 1 aromatic heterocycles. The number of nitrogens with zero attached hydrogens (tertiary/aromatic N) is 2. The summed E-state index contributed by atoms with van der Waals surface area (Å²) in [5.41, 5.74) is 0.142. The van der Waals surface area contributed by atoms with Gasteiger partial charge in [0.1, 0.15) is 23.1 Å². The summed E-state index contributed by atoms with van der Waals surface area (Å²) in [6, 6.07) is 8.25. The molecule has 0 spiro atoms. The second-order valence-electron chi connectivity index (χ2n) is 5.86. The lowest BCUT2D eigenvalue weighted by molar-refractivity contribution is 0.102. The number of carbonyl (C=O) groups is 1. The van der Waals surface area contributed by atoms with E-state index in [1.165, 1.54) is 18.9 Å². The smallest absolute Gasteiger partial charge is 0.274 e. The molecule has 0 atom stereocenters. The Hall–Kier alpha value is -2.50. The van der Waals surface area contributed by atoms with Gasteiger partial charge in [-0.1, -0.05) is 18.9 Å². The molecule has 0 radical (unpaired) electrons. The molecule has 1 saturated heterocycles. The molecule has 0 aliphatic carbocycles. The van der Waals surface area contributed by atoms with Crippen LogP contribution >= 0.6 is 0 Å². The molecule has 1 aliphatic rings. The van der Waals surface area contributed by atoms with E-state index in [0.717, 1.165) is 43.9 Å². The van der Waals surface area contributed by atoms with Crippen molar-refractivity contribution in [3.8, 4) is 0 Å². The predicted octanol–water partition coefficient (Wildman–Crippen LogP) is 3.99. The van der Waals surface area contributed by atoms with Gasteiger partial charge >= 0.3 is 0 Å². The number of halogens is 2. The molecule has 126 valence electrons. The van der Waals surface area contributed by atoms with Crippen LogP contribution in [0.5, 0.6) is 0 Å². The number of anilines is 2. The molecule has 6 heteroatoms. The van der Waals surface area contributed by atoms with Gasteiger partial charge in [0.05, 0.1) is 5.69 Å². The average Bonchev–Trinajstić information content (AvgIpc) is 2.87. The van der Waals surface area contributed by atoms with Crippen LogP contribution in [0.15, 0.2) is 36.4 Å². The van der Waals surface area contributed by atoms with Crippen molar-refractivity contribution in [2.75, 3.05) is 23.3 Å². The monoisotopic (exact) mass is 331 g/mol. The van der Waals surface area contributed by atoms with Gasteiger partial charge in [-0.25, -0.2) is 13.8 Å². The summed E-state index contributed by atoms with van der Waals surface area (Å²) in [5, 5.41) is 2.43. The quantitative estimate of drug-likeness (QED) is 0.925. The molecule has 1 aromatic carbocycles. The van der Waals surface area contributed by atoms with Gasteiger partial charge in [-0.05, 0) is 37.1 Å². The number of hydrogen-bond acceptors (Lipinski definition) is 3. The van der Waals surface area contributed by atoms with Crippen molar-refractivity contribution in [2.24, 2.45) is 0 Å². The summed E-state index contributed by atoms with van der Waals surface area (Å²) >= 11 is 0. The zero-order valence-electron chi connectivity index (χ0n) is 13.3. The maximum Gasteiger partial charge on any atom is 0.274 e. The van der Waals surface area contributed by atoms with Crippen molar-refractivity contribution in [1.29, 1.82) is 0 Å². The molecule has 0 saturated carbocycles. The number of nitrogens with one attached hydrogen (secondary N) is 1. The van der Waals surface area contributed by atoms with Crippen LogP contribution in [0, 0.1) is 11.6 Å². The van der Waals surface area contributed by atoms with Crippen LogP contribution in [0.2, 0.25) is 0 Å². The molecule has 0 bridgehead atoms. The summed E-state index contributed by atoms with van der Waals surface area (Å²) in [6.07, 6.45) is 4.64. The van der Waals surface area contributed by atoms with Gasteiger partial charge in [-0.15, -0.1) is 0 Å². The zero-order valence-corrected chi connectivity index (χ0v) is 13.3. The fraction of sp³-hybridized carbons (Fsp3) is 0.333. The first kappa shape index (κ1) is 16.4. The van der Waals surface area contributed by atoms with Crippen LogP contribution in [0.3, 0.4) is 0 Å². The Morgan fingerprint density at radius 2 is 1.79 bits per heavy atom. The number of amides is 1. The lowest BCUT2D eigenvalue weighted by atomic mass is 10.2. The summed E-state index contributed by atoms with van der Waals surface area (Å²) in [7, 11) is 0. The summed E-state index contributed by atoms with van der Waals surface area (Å²) in [6.45, 7) is 1.84. The minimum atomic E-state index is -0.813. The Morgan fingerprint density at radius 3 is 2.50 bits per heavy atom. The van der Waals surface area contributed by atoms with E-state index in [2.05, 4.69) is 15.2 Å².